The summed E-state index contributed by atoms with van der Waals surface area (Å²) in [6, 6.07) is 7.38. The van der Waals surface area contributed by atoms with Gasteiger partial charge in [-0.15, -0.1) is 0 Å². The lowest BCUT2D eigenvalue weighted by Gasteiger charge is -2.11. The molecule has 6 heteroatoms. The fourth-order valence-corrected chi connectivity index (χ4v) is 1.80. The first-order chi connectivity index (χ1) is 10.1. The van der Waals surface area contributed by atoms with E-state index in [0.717, 1.165) is 12.1 Å². The highest BCUT2D eigenvalue weighted by Gasteiger charge is 2.09. The number of aromatic nitrogens is 2. The van der Waals surface area contributed by atoms with Crippen LogP contribution in [0.15, 0.2) is 36.7 Å². The van der Waals surface area contributed by atoms with E-state index in [1.54, 1.807) is 12.1 Å². The summed E-state index contributed by atoms with van der Waals surface area (Å²) in [4.78, 5) is 20.2. The van der Waals surface area contributed by atoms with Crippen molar-refractivity contribution in [3.8, 4) is 0 Å². The van der Waals surface area contributed by atoms with E-state index in [0.29, 0.717) is 16.5 Å². The predicted octanol–water partition coefficient (Wildman–Crippen LogP) is 3.40. The molecule has 0 radical (unpaired) electrons. The van der Waals surface area contributed by atoms with Crippen molar-refractivity contribution in [2.24, 2.45) is 0 Å². The summed E-state index contributed by atoms with van der Waals surface area (Å²) in [5.41, 5.74) is 1.23. The number of amides is 1. The van der Waals surface area contributed by atoms with E-state index < -0.39 is 0 Å². The highest BCUT2D eigenvalue weighted by molar-refractivity contribution is 6.30. The second-order valence-corrected chi connectivity index (χ2v) is 5.15. The Hall–Kier alpha value is -2.14. The number of nitrogens with zero attached hydrogens (tertiary/aromatic N) is 2. The van der Waals surface area contributed by atoms with Gasteiger partial charge in [0.05, 0.1) is 5.56 Å². The Kier molecular flexibility index (Phi) is 5.11. The molecule has 0 saturated carbocycles. The van der Waals surface area contributed by atoms with Gasteiger partial charge in [-0.05, 0) is 31.5 Å². The van der Waals surface area contributed by atoms with Crippen LogP contribution in [0.5, 0.6) is 0 Å². The Balaban J connectivity index is 2.03. The standard InChI is InChI=1S/C15H17ClN4O/c1-3-10(2)19-14(21)11-8-17-15(18-9-11)20-13-6-4-5-12(16)7-13/h4-10H,3H2,1-2H3,(H,19,21)(H,17,18,20). The Morgan fingerprint density at radius 1 is 1.33 bits per heavy atom. The van der Waals surface area contributed by atoms with Gasteiger partial charge in [-0.2, -0.15) is 0 Å². The predicted molar refractivity (Wildman–Crippen MR) is 84.0 cm³/mol. The Morgan fingerprint density at radius 2 is 2.05 bits per heavy atom. The summed E-state index contributed by atoms with van der Waals surface area (Å²) in [6.45, 7) is 3.97. The number of halogens is 1. The third kappa shape index (κ3) is 4.43. The lowest BCUT2D eigenvalue weighted by molar-refractivity contribution is 0.0938. The summed E-state index contributed by atoms with van der Waals surface area (Å²) >= 11 is 5.91. The second kappa shape index (κ2) is 7.04. The van der Waals surface area contributed by atoms with Crippen molar-refractivity contribution in [1.29, 1.82) is 0 Å². The van der Waals surface area contributed by atoms with Crippen LogP contribution in [0.4, 0.5) is 11.6 Å². The van der Waals surface area contributed by atoms with Crippen molar-refractivity contribution in [3.63, 3.8) is 0 Å². The number of nitrogens with one attached hydrogen (secondary N) is 2. The quantitative estimate of drug-likeness (QED) is 0.888. The monoisotopic (exact) mass is 304 g/mol. The Labute approximate surface area is 128 Å². The topological polar surface area (TPSA) is 66.9 Å². The summed E-state index contributed by atoms with van der Waals surface area (Å²) in [5.74, 6) is 0.246. The summed E-state index contributed by atoms with van der Waals surface area (Å²) in [7, 11) is 0. The van der Waals surface area contributed by atoms with Crippen molar-refractivity contribution in [2.75, 3.05) is 5.32 Å². The van der Waals surface area contributed by atoms with Gasteiger partial charge in [0.1, 0.15) is 0 Å². The first-order valence-electron chi connectivity index (χ1n) is 6.74. The SMILES string of the molecule is CCC(C)NC(=O)c1cnc(Nc2cccc(Cl)c2)nc1. The molecule has 1 amide bonds. The minimum absolute atomic E-state index is 0.127. The normalized spacial score (nSPS) is 11.8. The van der Waals surface area contributed by atoms with Gasteiger partial charge in [-0.25, -0.2) is 9.97 Å². The van der Waals surface area contributed by atoms with E-state index >= 15 is 0 Å². The molecule has 2 N–H and O–H groups in total. The smallest absolute Gasteiger partial charge is 0.254 e. The Morgan fingerprint density at radius 3 is 2.67 bits per heavy atom. The molecule has 0 aliphatic carbocycles. The van der Waals surface area contributed by atoms with Crippen LogP contribution in [-0.4, -0.2) is 21.9 Å². The summed E-state index contributed by atoms with van der Waals surface area (Å²) in [5, 5.41) is 6.52. The maximum atomic E-state index is 11.9. The highest BCUT2D eigenvalue weighted by atomic mass is 35.5. The molecule has 0 bridgehead atoms. The van der Waals surface area contributed by atoms with E-state index in [1.165, 1.54) is 12.4 Å². The van der Waals surface area contributed by atoms with Crippen LogP contribution < -0.4 is 10.6 Å². The number of anilines is 2. The lowest BCUT2D eigenvalue weighted by Crippen LogP contribution is -2.32. The maximum absolute atomic E-state index is 11.9. The van der Waals surface area contributed by atoms with Gasteiger partial charge in [0, 0.05) is 29.1 Å². The molecule has 0 saturated heterocycles. The highest BCUT2D eigenvalue weighted by Crippen LogP contribution is 2.17. The maximum Gasteiger partial charge on any atom is 0.254 e. The molecule has 1 heterocycles. The van der Waals surface area contributed by atoms with Crippen molar-refractivity contribution < 1.29 is 4.79 Å². The molecule has 2 rings (SSSR count). The van der Waals surface area contributed by atoms with Gasteiger partial charge in [0.25, 0.3) is 5.91 Å². The van der Waals surface area contributed by atoms with E-state index in [9.17, 15) is 4.79 Å². The molecule has 0 fully saturated rings. The number of carbonyl (C=O) groups excluding carboxylic acids is 1. The van der Waals surface area contributed by atoms with E-state index in [2.05, 4.69) is 20.6 Å². The summed E-state index contributed by atoms with van der Waals surface area (Å²) in [6.07, 6.45) is 3.87. The minimum atomic E-state index is -0.168. The van der Waals surface area contributed by atoms with Gasteiger partial charge < -0.3 is 10.6 Å². The van der Waals surface area contributed by atoms with Gasteiger partial charge in [-0.1, -0.05) is 24.6 Å². The number of benzene rings is 1. The molecule has 110 valence electrons. The lowest BCUT2D eigenvalue weighted by atomic mass is 10.2. The van der Waals surface area contributed by atoms with E-state index in [4.69, 9.17) is 11.6 Å². The van der Waals surface area contributed by atoms with Crippen LogP contribution in [0.25, 0.3) is 0 Å². The first-order valence-corrected chi connectivity index (χ1v) is 7.11. The molecular formula is C15H17ClN4O. The average molecular weight is 305 g/mol. The number of rotatable bonds is 5. The summed E-state index contributed by atoms with van der Waals surface area (Å²) < 4.78 is 0. The zero-order valence-electron chi connectivity index (χ0n) is 11.9. The molecule has 0 aliphatic heterocycles. The second-order valence-electron chi connectivity index (χ2n) is 4.71. The zero-order valence-corrected chi connectivity index (χ0v) is 12.7. The third-order valence-corrected chi connectivity index (χ3v) is 3.22. The van der Waals surface area contributed by atoms with Crippen LogP contribution in [0.1, 0.15) is 30.6 Å². The molecule has 2 aromatic rings. The first kappa shape index (κ1) is 15.3. The molecule has 1 unspecified atom stereocenters. The van der Waals surface area contributed by atoms with Crippen LogP contribution in [0.3, 0.4) is 0 Å². The van der Waals surface area contributed by atoms with E-state index in [1.807, 2.05) is 26.0 Å². The van der Waals surface area contributed by atoms with Crippen LogP contribution in [-0.2, 0) is 0 Å². The molecule has 1 aromatic heterocycles. The molecule has 5 nitrogen and oxygen atoms in total. The molecule has 1 atom stereocenters. The fourth-order valence-electron chi connectivity index (χ4n) is 1.61. The van der Waals surface area contributed by atoms with Gasteiger partial charge in [0.2, 0.25) is 5.95 Å². The molecule has 0 spiro atoms. The largest absolute Gasteiger partial charge is 0.350 e. The van der Waals surface area contributed by atoms with E-state index in [-0.39, 0.29) is 11.9 Å². The van der Waals surface area contributed by atoms with Crippen LogP contribution in [0, 0.1) is 0 Å². The molecular weight excluding hydrogens is 288 g/mol. The fraction of sp³-hybridized carbons (Fsp3) is 0.267. The molecule has 0 aliphatic rings. The van der Waals surface area contributed by atoms with Gasteiger partial charge in [-0.3, -0.25) is 4.79 Å². The number of carbonyl (C=O) groups is 1. The van der Waals surface area contributed by atoms with Gasteiger partial charge in [0.15, 0.2) is 0 Å². The van der Waals surface area contributed by atoms with Crippen LogP contribution >= 0.6 is 11.6 Å². The van der Waals surface area contributed by atoms with Crippen molar-refractivity contribution in [3.05, 3.63) is 47.2 Å². The molecule has 21 heavy (non-hydrogen) atoms. The van der Waals surface area contributed by atoms with Crippen LogP contribution in [0.2, 0.25) is 5.02 Å². The zero-order chi connectivity index (χ0) is 15.2. The minimum Gasteiger partial charge on any atom is -0.350 e. The van der Waals surface area contributed by atoms with Gasteiger partial charge >= 0.3 is 0 Å². The van der Waals surface area contributed by atoms with Crippen molar-refractivity contribution >= 4 is 29.1 Å². The number of hydrogen-bond acceptors (Lipinski definition) is 4. The third-order valence-electron chi connectivity index (χ3n) is 2.98. The average Bonchev–Trinajstić information content (AvgIpc) is 2.47. The molecule has 1 aromatic carbocycles. The number of hydrogen-bond donors (Lipinski definition) is 2. The van der Waals surface area contributed by atoms with Crippen molar-refractivity contribution in [1.82, 2.24) is 15.3 Å². The Bertz CT molecular complexity index is 615. The van der Waals surface area contributed by atoms with Crippen molar-refractivity contribution in [2.45, 2.75) is 26.3 Å².